The van der Waals surface area contributed by atoms with Crippen LogP contribution in [0, 0.1) is 0 Å². The molecule has 5 heteroatoms. The van der Waals surface area contributed by atoms with Crippen LogP contribution in [0.4, 0.5) is 5.69 Å². The number of aromatic nitrogens is 2. The Morgan fingerprint density at radius 2 is 2.31 bits per heavy atom. The second-order valence-corrected chi connectivity index (χ2v) is 4.77. The predicted octanol–water partition coefficient (Wildman–Crippen LogP) is 3.45. The van der Waals surface area contributed by atoms with Gasteiger partial charge in [-0.05, 0) is 33.6 Å². The van der Waals surface area contributed by atoms with Gasteiger partial charge in [0.05, 0.1) is 16.9 Å². The molecule has 1 aromatic heterocycles. The summed E-state index contributed by atoms with van der Waals surface area (Å²) in [4.78, 5) is 0. The highest BCUT2D eigenvalue weighted by Crippen LogP contribution is 2.23. The van der Waals surface area contributed by atoms with E-state index in [1.165, 1.54) is 5.56 Å². The summed E-state index contributed by atoms with van der Waals surface area (Å²) < 4.78 is 2.68. The molecule has 0 unspecified atom stereocenters. The number of halogens is 2. The molecule has 0 fully saturated rings. The molecule has 0 aliphatic rings. The largest absolute Gasteiger partial charge is 0.378 e. The van der Waals surface area contributed by atoms with Crippen LogP contribution in [0.15, 0.2) is 35.1 Å². The lowest BCUT2D eigenvalue weighted by Crippen LogP contribution is -1.98. The minimum atomic E-state index is 0.727. The Morgan fingerprint density at radius 3 is 2.94 bits per heavy atom. The second kappa shape index (κ2) is 4.89. The Bertz CT molecular complexity index is 496. The van der Waals surface area contributed by atoms with E-state index in [1.807, 2.05) is 31.4 Å². The molecule has 2 rings (SSSR count). The summed E-state index contributed by atoms with van der Waals surface area (Å²) in [5.74, 6) is 0. The number of anilines is 1. The standard InChI is InChI=1S/C11H11BrClN3/c1-16-7-9(6-15-16)14-5-8-2-3-11(13)10(12)4-8/h2-4,6-7,14H,5H2,1H3. The molecular formula is C11H11BrClN3. The Kier molecular flexibility index (Phi) is 3.51. The zero-order valence-corrected chi connectivity index (χ0v) is 11.1. The van der Waals surface area contributed by atoms with Gasteiger partial charge in [0.15, 0.2) is 0 Å². The molecule has 0 aliphatic heterocycles. The van der Waals surface area contributed by atoms with Crippen LogP contribution in [0.5, 0.6) is 0 Å². The lowest BCUT2D eigenvalue weighted by molar-refractivity contribution is 0.768. The van der Waals surface area contributed by atoms with Gasteiger partial charge >= 0.3 is 0 Å². The van der Waals surface area contributed by atoms with Crippen molar-refractivity contribution in [1.82, 2.24) is 9.78 Å². The average molecular weight is 301 g/mol. The van der Waals surface area contributed by atoms with Crippen LogP contribution >= 0.6 is 27.5 Å². The fourth-order valence-corrected chi connectivity index (χ4v) is 1.91. The maximum absolute atomic E-state index is 5.92. The second-order valence-electron chi connectivity index (χ2n) is 3.50. The smallest absolute Gasteiger partial charge is 0.0729 e. The minimum absolute atomic E-state index is 0.727. The SMILES string of the molecule is Cn1cc(NCc2ccc(Cl)c(Br)c2)cn1. The molecule has 1 aromatic carbocycles. The summed E-state index contributed by atoms with van der Waals surface area (Å²) in [6, 6.07) is 5.88. The van der Waals surface area contributed by atoms with Gasteiger partial charge in [0.1, 0.15) is 0 Å². The normalized spacial score (nSPS) is 10.4. The average Bonchev–Trinajstić information content (AvgIpc) is 2.66. The minimum Gasteiger partial charge on any atom is -0.378 e. The van der Waals surface area contributed by atoms with Gasteiger partial charge in [-0.1, -0.05) is 17.7 Å². The van der Waals surface area contributed by atoms with Gasteiger partial charge < -0.3 is 5.32 Å². The van der Waals surface area contributed by atoms with Gasteiger partial charge in [-0.25, -0.2) is 0 Å². The molecule has 0 bridgehead atoms. The van der Waals surface area contributed by atoms with E-state index in [9.17, 15) is 0 Å². The van der Waals surface area contributed by atoms with Crippen LogP contribution in [0.2, 0.25) is 5.02 Å². The van der Waals surface area contributed by atoms with Gasteiger partial charge in [0.25, 0.3) is 0 Å². The molecule has 0 saturated heterocycles. The molecule has 2 aromatic rings. The molecule has 0 atom stereocenters. The van der Waals surface area contributed by atoms with Crippen molar-refractivity contribution in [3.8, 4) is 0 Å². The van der Waals surface area contributed by atoms with Crippen molar-refractivity contribution in [2.24, 2.45) is 7.05 Å². The van der Waals surface area contributed by atoms with Crippen molar-refractivity contribution >= 4 is 33.2 Å². The summed E-state index contributed by atoms with van der Waals surface area (Å²) in [5, 5.41) is 8.09. The highest BCUT2D eigenvalue weighted by molar-refractivity contribution is 9.10. The van der Waals surface area contributed by atoms with Gasteiger partial charge in [-0.3, -0.25) is 4.68 Å². The number of hydrogen-bond donors (Lipinski definition) is 1. The van der Waals surface area contributed by atoms with Crippen molar-refractivity contribution < 1.29 is 0 Å². The first-order valence-electron chi connectivity index (χ1n) is 4.81. The van der Waals surface area contributed by atoms with E-state index in [0.29, 0.717) is 0 Å². The summed E-state index contributed by atoms with van der Waals surface area (Å²) in [7, 11) is 1.89. The van der Waals surface area contributed by atoms with Gasteiger partial charge in [0, 0.05) is 24.3 Å². The van der Waals surface area contributed by atoms with E-state index in [4.69, 9.17) is 11.6 Å². The number of benzene rings is 1. The first-order valence-corrected chi connectivity index (χ1v) is 5.99. The van der Waals surface area contributed by atoms with E-state index in [0.717, 1.165) is 21.7 Å². The van der Waals surface area contributed by atoms with E-state index < -0.39 is 0 Å². The fraction of sp³-hybridized carbons (Fsp3) is 0.182. The van der Waals surface area contributed by atoms with Crippen LogP contribution < -0.4 is 5.32 Å². The van der Waals surface area contributed by atoms with Crippen LogP contribution in [0.25, 0.3) is 0 Å². The highest BCUT2D eigenvalue weighted by atomic mass is 79.9. The lowest BCUT2D eigenvalue weighted by atomic mass is 10.2. The van der Waals surface area contributed by atoms with E-state index >= 15 is 0 Å². The molecule has 84 valence electrons. The molecule has 0 spiro atoms. The molecule has 0 radical (unpaired) electrons. The Balaban J connectivity index is 2.02. The number of hydrogen-bond acceptors (Lipinski definition) is 2. The molecule has 0 saturated carbocycles. The Hall–Kier alpha value is -1.00. The molecule has 1 N–H and O–H groups in total. The van der Waals surface area contributed by atoms with Crippen LogP contribution in [0.3, 0.4) is 0 Å². The number of aryl methyl sites for hydroxylation is 1. The molecule has 16 heavy (non-hydrogen) atoms. The van der Waals surface area contributed by atoms with E-state index in [-0.39, 0.29) is 0 Å². The molecule has 0 amide bonds. The molecule has 3 nitrogen and oxygen atoms in total. The van der Waals surface area contributed by atoms with Gasteiger partial charge in [0.2, 0.25) is 0 Å². The zero-order chi connectivity index (χ0) is 11.5. The first kappa shape index (κ1) is 11.5. The molecular weight excluding hydrogens is 289 g/mol. The number of nitrogens with zero attached hydrogens (tertiary/aromatic N) is 2. The molecule has 0 aliphatic carbocycles. The van der Waals surface area contributed by atoms with Gasteiger partial charge in [-0.2, -0.15) is 5.10 Å². The quantitative estimate of drug-likeness (QED) is 0.941. The first-order chi connectivity index (χ1) is 7.65. The summed E-state index contributed by atoms with van der Waals surface area (Å²) in [5.41, 5.74) is 2.17. The maximum Gasteiger partial charge on any atom is 0.0729 e. The summed E-state index contributed by atoms with van der Waals surface area (Å²) in [6.07, 6.45) is 3.73. The van der Waals surface area contributed by atoms with Gasteiger partial charge in [-0.15, -0.1) is 0 Å². The van der Waals surface area contributed by atoms with Crippen LogP contribution in [-0.4, -0.2) is 9.78 Å². The third-order valence-corrected chi connectivity index (χ3v) is 3.40. The summed E-state index contributed by atoms with van der Waals surface area (Å²) in [6.45, 7) is 0.751. The summed E-state index contributed by atoms with van der Waals surface area (Å²) >= 11 is 9.32. The van der Waals surface area contributed by atoms with E-state index in [1.54, 1.807) is 10.9 Å². The van der Waals surface area contributed by atoms with Crippen LogP contribution in [0.1, 0.15) is 5.56 Å². The lowest BCUT2D eigenvalue weighted by Gasteiger charge is -2.05. The topological polar surface area (TPSA) is 29.9 Å². The van der Waals surface area contributed by atoms with Crippen molar-refractivity contribution in [3.05, 3.63) is 45.7 Å². The number of nitrogens with one attached hydrogen (secondary N) is 1. The monoisotopic (exact) mass is 299 g/mol. The zero-order valence-electron chi connectivity index (χ0n) is 8.74. The van der Waals surface area contributed by atoms with E-state index in [2.05, 4.69) is 26.3 Å². The highest BCUT2D eigenvalue weighted by Gasteiger charge is 2.00. The third-order valence-electron chi connectivity index (χ3n) is 2.19. The Labute approximate surface area is 108 Å². The van der Waals surface area contributed by atoms with Crippen LogP contribution in [-0.2, 0) is 13.6 Å². The van der Waals surface area contributed by atoms with Crippen molar-refractivity contribution in [1.29, 1.82) is 0 Å². The van der Waals surface area contributed by atoms with Crippen molar-refractivity contribution in [3.63, 3.8) is 0 Å². The van der Waals surface area contributed by atoms with Crippen molar-refractivity contribution in [2.45, 2.75) is 6.54 Å². The Morgan fingerprint density at radius 1 is 1.50 bits per heavy atom. The third kappa shape index (κ3) is 2.77. The molecule has 1 heterocycles. The number of rotatable bonds is 3. The maximum atomic E-state index is 5.92. The predicted molar refractivity (Wildman–Crippen MR) is 69.7 cm³/mol. The van der Waals surface area contributed by atoms with Crippen molar-refractivity contribution in [2.75, 3.05) is 5.32 Å². The fourth-order valence-electron chi connectivity index (χ4n) is 1.37.